The summed E-state index contributed by atoms with van der Waals surface area (Å²) in [4.78, 5) is 0. The quantitative estimate of drug-likeness (QED) is 0.535. The number of benzene rings is 2. The van der Waals surface area contributed by atoms with E-state index in [0.29, 0.717) is 0 Å². The van der Waals surface area contributed by atoms with Crippen LogP contribution in [0.2, 0.25) is 0 Å². The smallest absolute Gasteiger partial charge is 1.00 e. The van der Waals surface area contributed by atoms with E-state index in [4.69, 9.17) is 0 Å². The Labute approximate surface area is 214 Å². The van der Waals surface area contributed by atoms with Gasteiger partial charge < -0.3 is 24.8 Å². The van der Waals surface area contributed by atoms with Crippen LogP contribution in [-0.2, 0) is 26.2 Å². The van der Waals surface area contributed by atoms with E-state index < -0.39 is 0 Å². The Kier molecular flexibility index (Phi) is 12.8. The van der Waals surface area contributed by atoms with E-state index in [1.54, 1.807) is 0 Å². The van der Waals surface area contributed by atoms with Crippen molar-refractivity contribution in [2.45, 2.75) is 47.5 Å². The maximum Gasteiger partial charge on any atom is 3.00 e. The SMILES string of the molecule is CC1=C(C)C(c2ccc(C)cc2)=[C-]C1.CC1=C(C)CC(c2ccccc2)=C1.[Cl-].[Cl-].[Zr+3]. The number of allylic oxidation sites excluding steroid dienone is 8. The second-order valence-electron chi connectivity index (χ2n) is 7.68. The van der Waals surface area contributed by atoms with Crippen molar-refractivity contribution in [2.75, 3.05) is 0 Å². The summed E-state index contributed by atoms with van der Waals surface area (Å²) in [6.45, 7) is 10.9. The first-order valence-corrected chi connectivity index (χ1v) is 9.72. The Morgan fingerprint density at radius 2 is 1.30 bits per heavy atom. The molecule has 0 spiro atoms. The Balaban J connectivity index is 0.000000511. The van der Waals surface area contributed by atoms with Crippen LogP contribution in [0.5, 0.6) is 0 Å². The van der Waals surface area contributed by atoms with Gasteiger partial charge in [-0.2, -0.15) is 17.2 Å². The van der Waals surface area contributed by atoms with Gasteiger partial charge in [0.15, 0.2) is 0 Å². The molecule has 0 unspecified atom stereocenters. The second-order valence-corrected chi connectivity index (χ2v) is 7.68. The first kappa shape index (κ1) is 28.9. The summed E-state index contributed by atoms with van der Waals surface area (Å²) in [6, 6.07) is 19.3. The van der Waals surface area contributed by atoms with Gasteiger partial charge in [-0.15, -0.1) is 23.3 Å². The van der Waals surface area contributed by atoms with Gasteiger partial charge in [-0.05, 0) is 38.3 Å². The number of halogens is 2. The third kappa shape index (κ3) is 7.23. The van der Waals surface area contributed by atoms with E-state index >= 15 is 0 Å². The minimum absolute atomic E-state index is 0. The molecule has 0 aliphatic heterocycles. The molecule has 0 atom stereocenters. The predicted molar refractivity (Wildman–Crippen MR) is 118 cm³/mol. The van der Waals surface area contributed by atoms with Crippen LogP contribution in [0.15, 0.2) is 83.0 Å². The average Bonchev–Trinajstić information content (AvgIpc) is 3.19. The zero-order valence-electron chi connectivity index (χ0n) is 18.4. The van der Waals surface area contributed by atoms with Crippen molar-refractivity contribution < 1.29 is 51.0 Å². The van der Waals surface area contributed by atoms with Crippen LogP contribution in [-0.4, -0.2) is 0 Å². The maximum atomic E-state index is 3.43. The van der Waals surface area contributed by atoms with Crippen LogP contribution < -0.4 is 24.8 Å². The molecule has 0 N–H and O–H groups in total. The Morgan fingerprint density at radius 1 is 0.700 bits per heavy atom. The predicted octanol–water partition coefficient (Wildman–Crippen LogP) is 1.74. The maximum absolute atomic E-state index is 3.43. The van der Waals surface area contributed by atoms with Gasteiger partial charge >= 0.3 is 26.2 Å². The molecule has 2 aliphatic carbocycles. The van der Waals surface area contributed by atoms with Crippen LogP contribution in [0.1, 0.15) is 57.2 Å². The largest absolute Gasteiger partial charge is 3.00 e. The molecule has 0 fully saturated rings. The van der Waals surface area contributed by atoms with Crippen molar-refractivity contribution in [1.82, 2.24) is 0 Å². The zero-order chi connectivity index (χ0) is 19.4. The van der Waals surface area contributed by atoms with Crippen molar-refractivity contribution in [3.63, 3.8) is 0 Å². The van der Waals surface area contributed by atoms with Crippen molar-refractivity contribution >= 4 is 11.1 Å². The molecule has 155 valence electrons. The molecule has 3 heteroatoms. The van der Waals surface area contributed by atoms with Gasteiger partial charge in [0.05, 0.1) is 0 Å². The molecular formula is C27H29Cl2Zr. The number of aryl methyl sites for hydroxylation is 1. The van der Waals surface area contributed by atoms with Crippen molar-refractivity contribution in [3.05, 3.63) is 106 Å². The molecule has 0 heterocycles. The standard InChI is InChI=1S/C14H15.C13H14.2ClH.Zr/c1-10-4-7-13(8-5-10)14-9-6-11(2)12(14)3;1-10-8-13(9-11(10)2)12-6-4-3-5-7-12;;;/h4-5,7-8H,6H2,1-3H3;3-8H,9H2,1-2H3;2*1H;/q-1;;;;+3/p-2. The van der Waals surface area contributed by atoms with Crippen LogP contribution in [0, 0.1) is 13.0 Å². The summed E-state index contributed by atoms with van der Waals surface area (Å²) in [5.74, 6) is 0. The Morgan fingerprint density at radius 3 is 1.77 bits per heavy atom. The van der Waals surface area contributed by atoms with E-state index in [1.165, 1.54) is 50.1 Å². The fourth-order valence-electron chi connectivity index (χ4n) is 3.44. The molecule has 0 saturated heterocycles. The second kappa shape index (κ2) is 13.3. The average molecular weight is 516 g/mol. The van der Waals surface area contributed by atoms with E-state index in [-0.39, 0.29) is 51.0 Å². The molecule has 0 saturated carbocycles. The molecule has 4 rings (SSSR count). The summed E-state index contributed by atoms with van der Waals surface area (Å²) in [6.07, 6.45) is 7.85. The van der Waals surface area contributed by atoms with E-state index in [0.717, 1.165) is 12.8 Å². The Bertz CT molecular complexity index is 946. The van der Waals surface area contributed by atoms with Gasteiger partial charge in [-0.3, -0.25) is 0 Å². The fraction of sp³-hybridized carbons (Fsp3) is 0.259. The molecule has 2 aromatic carbocycles. The molecule has 1 radical (unpaired) electrons. The molecule has 30 heavy (non-hydrogen) atoms. The van der Waals surface area contributed by atoms with E-state index in [9.17, 15) is 0 Å². The summed E-state index contributed by atoms with van der Waals surface area (Å²) >= 11 is 0. The molecule has 0 bridgehead atoms. The first-order valence-electron chi connectivity index (χ1n) is 9.72. The molecule has 2 aromatic rings. The minimum Gasteiger partial charge on any atom is -1.00 e. The van der Waals surface area contributed by atoms with Crippen molar-refractivity contribution in [3.8, 4) is 0 Å². The first-order chi connectivity index (χ1) is 13.0. The number of rotatable bonds is 2. The summed E-state index contributed by atoms with van der Waals surface area (Å²) in [5, 5.41) is 0. The van der Waals surface area contributed by atoms with Crippen LogP contribution in [0.25, 0.3) is 11.1 Å². The van der Waals surface area contributed by atoms with Gasteiger partial charge in [0, 0.05) is 0 Å². The number of hydrogen-bond donors (Lipinski definition) is 0. The zero-order valence-corrected chi connectivity index (χ0v) is 22.4. The summed E-state index contributed by atoms with van der Waals surface area (Å²) in [7, 11) is 0. The van der Waals surface area contributed by atoms with Crippen LogP contribution >= 0.6 is 0 Å². The number of hydrogen-bond acceptors (Lipinski definition) is 0. The molecule has 2 aliphatic rings. The van der Waals surface area contributed by atoms with Crippen LogP contribution in [0.4, 0.5) is 0 Å². The topological polar surface area (TPSA) is 0 Å². The van der Waals surface area contributed by atoms with E-state index in [1.807, 2.05) is 0 Å². The molecule has 0 amide bonds. The fourth-order valence-corrected chi connectivity index (χ4v) is 3.44. The van der Waals surface area contributed by atoms with Gasteiger partial charge in [-0.25, -0.2) is 0 Å². The van der Waals surface area contributed by atoms with Gasteiger partial charge in [0.25, 0.3) is 0 Å². The third-order valence-corrected chi connectivity index (χ3v) is 5.55. The van der Waals surface area contributed by atoms with Crippen molar-refractivity contribution in [2.24, 2.45) is 0 Å². The van der Waals surface area contributed by atoms with Gasteiger partial charge in [0.2, 0.25) is 0 Å². The molecular weight excluding hydrogens is 486 g/mol. The normalized spacial score (nSPS) is 14.6. The summed E-state index contributed by atoms with van der Waals surface area (Å²) < 4.78 is 0. The Hall–Kier alpha value is -1.14. The monoisotopic (exact) mass is 513 g/mol. The molecule has 0 nitrogen and oxygen atoms in total. The van der Waals surface area contributed by atoms with E-state index in [2.05, 4.69) is 101 Å². The van der Waals surface area contributed by atoms with Crippen molar-refractivity contribution in [1.29, 1.82) is 0 Å². The third-order valence-electron chi connectivity index (χ3n) is 5.55. The summed E-state index contributed by atoms with van der Waals surface area (Å²) in [5.41, 5.74) is 12.5. The minimum atomic E-state index is 0. The van der Waals surface area contributed by atoms with Gasteiger partial charge in [0.1, 0.15) is 0 Å². The van der Waals surface area contributed by atoms with Gasteiger partial charge in [-0.1, -0.05) is 85.5 Å². The molecule has 0 aromatic heterocycles. The van der Waals surface area contributed by atoms with Crippen LogP contribution in [0.3, 0.4) is 0 Å².